The van der Waals surface area contributed by atoms with Crippen LogP contribution in [0.2, 0.25) is 0 Å². The van der Waals surface area contributed by atoms with E-state index in [4.69, 9.17) is 4.74 Å². The Balaban J connectivity index is 2.66. The molecule has 1 heterocycles. The molecule has 0 aliphatic carbocycles. The Kier molecular flexibility index (Phi) is 3.00. The number of rotatable bonds is 2. The van der Waals surface area contributed by atoms with E-state index in [9.17, 15) is 9.59 Å². The lowest BCUT2D eigenvalue weighted by Crippen LogP contribution is -2.32. The monoisotopic (exact) mass is 184 g/mol. The maximum absolute atomic E-state index is 11.2. The van der Waals surface area contributed by atoms with Gasteiger partial charge in [0.2, 0.25) is 5.91 Å². The van der Waals surface area contributed by atoms with Crippen LogP contribution in [0.4, 0.5) is 0 Å². The van der Waals surface area contributed by atoms with Crippen LogP contribution >= 0.6 is 0 Å². The van der Waals surface area contributed by atoms with Gasteiger partial charge in [-0.05, 0) is 6.92 Å². The lowest BCUT2D eigenvalue weighted by atomic mass is 10.2. The van der Waals surface area contributed by atoms with Crippen molar-refractivity contribution in [3.05, 3.63) is 0 Å². The van der Waals surface area contributed by atoms with Crippen LogP contribution in [0.1, 0.15) is 19.8 Å². The van der Waals surface area contributed by atoms with Crippen LogP contribution in [0.5, 0.6) is 0 Å². The topological polar surface area (TPSA) is 59.0 Å². The molecule has 0 aromatic heterocycles. The van der Waals surface area contributed by atoms with E-state index in [-0.39, 0.29) is 5.91 Å². The highest BCUT2D eigenvalue weighted by atomic mass is 16.5. The minimum absolute atomic E-state index is 0.0759. The molecule has 0 radical (unpaired) electrons. The van der Waals surface area contributed by atoms with Crippen molar-refractivity contribution >= 4 is 17.6 Å². The van der Waals surface area contributed by atoms with Gasteiger partial charge in [0.15, 0.2) is 0 Å². The molecule has 1 rings (SSSR count). The lowest BCUT2D eigenvalue weighted by molar-refractivity contribution is -0.135. The van der Waals surface area contributed by atoms with Crippen molar-refractivity contribution < 1.29 is 14.3 Å². The van der Waals surface area contributed by atoms with Gasteiger partial charge in [-0.3, -0.25) is 4.79 Å². The Labute approximate surface area is 76.3 Å². The van der Waals surface area contributed by atoms with Crippen LogP contribution in [0, 0.1) is 0 Å². The van der Waals surface area contributed by atoms with E-state index >= 15 is 0 Å². The van der Waals surface area contributed by atoms with Crippen molar-refractivity contribution in [3.63, 3.8) is 0 Å². The second kappa shape index (κ2) is 4.02. The number of ether oxygens (including phenoxy) is 1. The van der Waals surface area contributed by atoms with E-state index in [0.717, 1.165) is 0 Å². The normalized spacial score (nSPS) is 16.9. The summed E-state index contributed by atoms with van der Waals surface area (Å²) in [7, 11) is 1.53. The summed E-state index contributed by atoms with van der Waals surface area (Å²) in [6, 6.07) is 0. The molecule has 0 saturated carbocycles. The summed E-state index contributed by atoms with van der Waals surface area (Å²) < 4.78 is 4.76. The number of hydrogen-bond acceptors (Lipinski definition) is 4. The molecule has 1 amide bonds. The molecule has 72 valence electrons. The molecular weight excluding hydrogens is 172 g/mol. The Morgan fingerprint density at radius 1 is 1.62 bits per heavy atom. The van der Waals surface area contributed by atoms with Gasteiger partial charge in [-0.1, -0.05) is 0 Å². The zero-order chi connectivity index (χ0) is 9.84. The van der Waals surface area contributed by atoms with Crippen LogP contribution in [-0.4, -0.2) is 36.3 Å². The fourth-order valence-electron chi connectivity index (χ4n) is 1.03. The molecule has 0 aromatic carbocycles. The number of hydrogen-bond donors (Lipinski definition) is 0. The van der Waals surface area contributed by atoms with Crippen LogP contribution in [-0.2, 0) is 14.3 Å². The van der Waals surface area contributed by atoms with E-state index in [0.29, 0.717) is 25.2 Å². The molecule has 0 unspecified atom stereocenters. The van der Waals surface area contributed by atoms with Gasteiger partial charge in [-0.15, -0.1) is 0 Å². The van der Waals surface area contributed by atoms with Crippen molar-refractivity contribution in [1.29, 1.82) is 0 Å². The number of carbonyl (C=O) groups is 2. The predicted octanol–water partition coefficient (Wildman–Crippen LogP) is 0.158. The molecule has 0 aromatic rings. The predicted molar refractivity (Wildman–Crippen MR) is 46.1 cm³/mol. The Morgan fingerprint density at radius 3 is 2.85 bits per heavy atom. The third kappa shape index (κ3) is 2.27. The number of esters is 1. The van der Waals surface area contributed by atoms with Crippen molar-refractivity contribution in [3.8, 4) is 0 Å². The first-order chi connectivity index (χ1) is 6.15. The largest absolute Gasteiger partial charge is 0.461 e. The molecule has 0 atom stereocenters. The van der Waals surface area contributed by atoms with Gasteiger partial charge in [-0.2, -0.15) is 5.10 Å². The van der Waals surface area contributed by atoms with Crippen LogP contribution < -0.4 is 0 Å². The lowest BCUT2D eigenvalue weighted by Gasteiger charge is -2.18. The first-order valence-corrected chi connectivity index (χ1v) is 4.16. The highest BCUT2D eigenvalue weighted by Crippen LogP contribution is 2.07. The zero-order valence-electron chi connectivity index (χ0n) is 7.74. The zero-order valence-corrected chi connectivity index (χ0v) is 7.74. The number of carbonyl (C=O) groups excluding carboxylic acids is 2. The minimum Gasteiger partial charge on any atom is -0.461 e. The summed E-state index contributed by atoms with van der Waals surface area (Å²) >= 11 is 0. The van der Waals surface area contributed by atoms with E-state index < -0.39 is 5.97 Å². The summed E-state index contributed by atoms with van der Waals surface area (Å²) in [5.74, 6) is -0.505. The minimum atomic E-state index is -0.429. The Hall–Kier alpha value is -1.39. The van der Waals surface area contributed by atoms with Crippen molar-refractivity contribution in [2.45, 2.75) is 19.8 Å². The van der Waals surface area contributed by atoms with E-state index in [2.05, 4.69) is 5.10 Å². The molecule has 1 aliphatic heterocycles. The first-order valence-electron chi connectivity index (χ1n) is 4.16. The first kappa shape index (κ1) is 9.70. The SMILES string of the molecule is CCOC(=O)C1=NN(C)C(=O)CC1. The Morgan fingerprint density at radius 2 is 2.31 bits per heavy atom. The summed E-state index contributed by atoms with van der Waals surface area (Å²) in [4.78, 5) is 22.1. The number of hydrazone groups is 1. The van der Waals surface area contributed by atoms with Gasteiger partial charge >= 0.3 is 5.97 Å². The molecule has 5 nitrogen and oxygen atoms in total. The smallest absolute Gasteiger partial charge is 0.354 e. The van der Waals surface area contributed by atoms with Gasteiger partial charge in [0.25, 0.3) is 0 Å². The molecule has 0 N–H and O–H groups in total. The van der Waals surface area contributed by atoms with Crippen LogP contribution in [0.3, 0.4) is 0 Å². The summed E-state index contributed by atoms with van der Waals surface area (Å²) in [5, 5.41) is 4.98. The third-order valence-electron chi connectivity index (χ3n) is 1.72. The maximum atomic E-state index is 11.2. The number of amides is 1. The molecule has 13 heavy (non-hydrogen) atoms. The van der Waals surface area contributed by atoms with Gasteiger partial charge < -0.3 is 4.74 Å². The highest BCUT2D eigenvalue weighted by Gasteiger charge is 2.22. The van der Waals surface area contributed by atoms with Crippen LogP contribution in [0.15, 0.2) is 5.10 Å². The molecule has 1 aliphatic rings. The van der Waals surface area contributed by atoms with Crippen molar-refractivity contribution in [2.75, 3.05) is 13.7 Å². The standard InChI is InChI=1S/C8H12N2O3/c1-3-13-8(12)6-4-5-7(11)10(2)9-6/h3-5H2,1-2H3. The average molecular weight is 184 g/mol. The van der Waals surface area contributed by atoms with Gasteiger partial charge in [0.1, 0.15) is 5.71 Å². The molecule has 5 heteroatoms. The van der Waals surface area contributed by atoms with Crippen molar-refractivity contribution in [2.24, 2.45) is 5.10 Å². The van der Waals surface area contributed by atoms with Gasteiger partial charge in [0.05, 0.1) is 6.61 Å². The fourth-order valence-corrected chi connectivity index (χ4v) is 1.03. The third-order valence-corrected chi connectivity index (χ3v) is 1.72. The summed E-state index contributed by atoms with van der Waals surface area (Å²) in [6.45, 7) is 2.06. The average Bonchev–Trinajstić information content (AvgIpc) is 2.10. The second-order valence-corrected chi connectivity index (χ2v) is 2.68. The fraction of sp³-hybridized carbons (Fsp3) is 0.625. The summed E-state index contributed by atoms with van der Waals surface area (Å²) in [6.07, 6.45) is 0.705. The summed E-state index contributed by atoms with van der Waals surface area (Å²) in [5.41, 5.74) is 0.323. The molecule has 0 bridgehead atoms. The molecule has 0 spiro atoms. The molecular formula is C8H12N2O3. The molecule has 0 saturated heterocycles. The van der Waals surface area contributed by atoms with E-state index in [1.54, 1.807) is 6.92 Å². The number of nitrogens with zero attached hydrogens (tertiary/aromatic N) is 2. The maximum Gasteiger partial charge on any atom is 0.354 e. The molecule has 0 fully saturated rings. The van der Waals surface area contributed by atoms with Crippen LogP contribution in [0.25, 0.3) is 0 Å². The Bertz CT molecular complexity index is 260. The van der Waals surface area contributed by atoms with Crippen molar-refractivity contribution in [1.82, 2.24) is 5.01 Å². The highest BCUT2D eigenvalue weighted by molar-refractivity contribution is 6.37. The quantitative estimate of drug-likeness (QED) is 0.574. The van der Waals surface area contributed by atoms with E-state index in [1.807, 2.05) is 0 Å². The van der Waals surface area contributed by atoms with Gasteiger partial charge in [0, 0.05) is 19.9 Å². The second-order valence-electron chi connectivity index (χ2n) is 2.68. The van der Waals surface area contributed by atoms with E-state index in [1.165, 1.54) is 12.1 Å². The van der Waals surface area contributed by atoms with Gasteiger partial charge in [-0.25, -0.2) is 9.80 Å².